The number of hydrogen-bond donors (Lipinski definition) is 1. The molecule has 0 saturated carbocycles. The van der Waals surface area contributed by atoms with Crippen LogP contribution in [0.15, 0.2) is 36.4 Å². The number of carboxylic acids is 1. The molecule has 0 spiro atoms. The number of pyridine rings is 1. The van der Waals surface area contributed by atoms with E-state index < -0.39 is 12.0 Å². The van der Waals surface area contributed by atoms with E-state index >= 15 is 0 Å². The molecule has 1 unspecified atom stereocenters. The molecule has 1 fully saturated rings. The molecule has 8 heteroatoms. The van der Waals surface area contributed by atoms with Gasteiger partial charge in [-0.2, -0.15) is 5.10 Å². The summed E-state index contributed by atoms with van der Waals surface area (Å²) in [4.78, 5) is 31.1. The number of carboxylic acid groups (broad SMARTS) is 1. The minimum absolute atomic E-state index is 0.0210. The Kier molecular flexibility index (Phi) is 4.56. The molecule has 1 N–H and O–H groups in total. The van der Waals surface area contributed by atoms with Crippen LogP contribution in [0.1, 0.15) is 16.1 Å². The molecule has 3 heterocycles. The molecule has 1 saturated heterocycles. The minimum Gasteiger partial charge on any atom is -0.480 e. The average molecular weight is 380 g/mol. The van der Waals surface area contributed by atoms with Crippen molar-refractivity contribution < 1.29 is 19.4 Å². The summed E-state index contributed by atoms with van der Waals surface area (Å²) in [5.41, 5.74) is 3.17. The van der Waals surface area contributed by atoms with Crippen LogP contribution in [0.25, 0.3) is 22.3 Å². The van der Waals surface area contributed by atoms with Crippen LogP contribution < -0.4 is 0 Å². The lowest BCUT2D eigenvalue weighted by molar-refractivity contribution is -0.147. The van der Waals surface area contributed by atoms with Gasteiger partial charge in [0.15, 0.2) is 11.7 Å². The van der Waals surface area contributed by atoms with Crippen molar-refractivity contribution in [1.29, 1.82) is 0 Å². The van der Waals surface area contributed by atoms with Gasteiger partial charge in [0.1, 0.15) is 0 Å². The first kappa shape index (κ1) is 18.1. The Morgan fingerprint density at radius 2 is 2.00 bits per heavy atom. The summed E-state index contributed by atoms with van der Waals surface area (Å²) in [5.74, 6) is -1.43. The number of amides is 1. The highest BCUT2D eigenvalue weighted by Crippen LogP contribution is 2.28. The number of ether oxygens (including phenoxy) is 1. The van der Waals surface area contributed by atoms with E-state index in [-0.39, 0.29) is 19.1 Å². The predicted molar refractivity (Wildman–Crippen MR) is 102 cm³/mol. The molecule has 3 aromatic rings. The van der Waals surface area contributed by atoms with Crippen molar-refractivity contribution in [3.63, 3.8) is 0 Å². The van der Waals surface area contributed by atoms with Crippen molar-refractivity contribution in [3.8, 4) is 11.3 Å². The predicted octanol–water partition coefficient (Wildman–Crippen LogP) is 1.87. The van der Waals surface area contributed by atoms with Crippen LogP contribution in [-0.4, -0.2) is 62.4 Å². The Labute approximate surface area is 161 Å². The van der Waals surface area contributed by atoms with Gasteiger partial charge in [0.2, 0.25) is 0 Å². The number of hydrogen-bond acceptors (Lipinski definition) is 5. The minimum atomic E-state index is -1.08. The number of rotatable bonds is 3. The lowest BCUT2D eigenvalue weighted by atomic mass is 10.0. The molecule has 1 amide bonds. The zero-order valence-corrected chi connectivity index (χ0v) is 15.6. The number of nitrogens with zero attached hydrogens (tertiary/aromatic N) is 4. The van der Waals surface area contributed by atoms with Gasteiger partial charge in [-0.3, -0.25) is 9.48 Å². The first-order valence-corrected chi connectivity index (χ1v) is 8.98. The van der Waals surface area contributed by atoms with Crippen molar-refractivity contribution >= 4 is 22.9 Å². The molecule has 0 radical (unpaired) electrons. The second kappa shape index (κ2) is 7.05. The van der Waals surface area contributed by atoms with Crippen LogP contribution in [-0.2, 0) is 16.6 Å². The van der Waals surface area contributed by atoms with Gasteiger partial charge in [0, 0.05) is 19.2 Å². The number of aromatic nitrogens is 3. The number of aliphatic carboxylic acids is 1. The highest BCUT2D eigenvalue weighted by atomic mass is 16.5. The van der Waals surface area contributed by atoms with Gasteiger partial charge >= 0.3 is 5.97 Å². The highest BCUT2D eigenvalue weighted by molar-refractivity contribution is 6.08. The summed E-state index contributed by atoms with van der Waals surface area (Å²) < 4.78 is 6.91. The lowest BCUT2D eigenvalue weighted by Crippen LogP contribution is -2.52. The molecule has 1 aliphatic heterocycles. The largest absolute Gasteiger partial charge is 0.480 e. The topological polar surface area (TPSA) is 97.5 Å². The fourth-order valence-corrected chi connectivity index (χ4v) is 3.58. The van der Waals surface area contributed by atoms with Crippen molar-refractivity contribution in [1.82, 2.24) is 19.7 Å². The Hall–Kier alpha value is -3.26. The third kappa shape index (κ3) is 3.01. The normalized spacial score (nSPS) is 17.1. The SMILES string of the molecule is Cc1nn(C)c2nc(-c3ccccc3)cc(C(=O)N3CCOCC3C(=O)O)c12. The molecule has 4 rings (SSSR count). The summed E-state index contributed by atoms with van der Waals surface area (Å²) in [7, 11) is 1.78. The average Bonchev–Trinajstić information content (AvgIpc) is 3.01. The van der Waals surface area contributed by atoms with Crippen LogP contribution in [0.4, 0.5) is 0 Å². The van der Waals surface area contributed by atoms with E-state index in [1.165, 1.54) is 4.90 Å². The quantitative estimate of drug-likeness (QED) is 0.745. The molecular weight excluding hydrogens is 360 g/mol. The third-order valence-electron chi connectivity index (χ3n) is 4.94. The van der Waals surface area contributed by atoms with Gasteiger partial charge in [-0.25, -0.2) is 9.78 Å². The van der Waals surface area contributed by atoms with Crippen LogP contribution in [0.2, 0.25) is 0 Å². The van der Waals surface area contributed by atoms with Gasteiger partial charge in [0.05, 0.1) is 35.6 Å². The van der Waals surface area contributed by atoms with Crippen molar-refractivity contribution in [2.45, 2.75) is 13.0 Å². The molecule has 8 nitrogen and oxygen atoms in total. The van der Waals surface area contributed by atoms with E-state index in [2.05, 4.69) is 5.10 Å². The van der Waals surface area contributed by atoms with Crippen LogP contribution in [0.3, 0.4) is 0 Å². The maximum absolute atomic E-state index is 13.4. The smallest absolute Gasteiger partial charge is 0.328 e. The van der Waals surface area contributed by atoms with E-state index in [9.17, 15) is 14.7 Å². The molecular formula is C20H20N4O4. The van der Waals surface area contributed by atoms with E-state index in [1.807, 2.05) is 37.3 Å². The van der Waals surface area contributed by atoms with Crippen molar-refractivity contribution in [2.24, 2.45) is 7.05 Å². The standard InChI is InChI=1S/C20H20N4O4/c1-12-17-14(19(25)24-8-9-28-11-16(24)20(26)27)10-15(13-6-4-3-5-7-13)21-18(17)23(2)22-12/h3-7,10,16H,8-9,11H2,1-2H3,(H,26,27). The molecule has 0 bridgehead atoms. The summed E-state index contributed by atoms with van der Waals surface area (Å²) in [6, 6.07) is 10.3. The van der Waals surface area contributed by atoms with E-state index in [0.29, 0.717) is 34.6 Å². The van der Waals surface area contributed by atoms with Gasteiger partial charge in [-0.15, -0.1) is 0 Å². The second-order valence-corrected chi connectivity index (χ2v) is 6.76. The molecule has 1 atom stereocenters. The van der Waals surface area contributed by atoms with E-state index in [4.69, 9.17) is 9.72 Å². The number of benzene rings is 1. The number of aryl methyl sites for hydroxylation is 2. The summed E-state index contributed by atoms with van der Waals surface area (Å²) in [6.45, 7) is 2.32. The van der Waals surface area contributed by atoms with Gasteiger partial charge in [-0.05, 0) is 13.0 Å². The van der Waals surface area contributed by atoms with Crippen LogP contribution >= 0.6 is 0 Å². The van der Waals surface area contributed by atoms with Crippen molar-refractivity contribution in [2.75, 3.05) is 19.8 Å². The number of carbonyl (C=O) groups excluding carboxylic acids is 1. The van der Waals surface area contributed by atoms with Crippen LogP contribution in [0, 0.1) is 6.92 Å². The Balaban J connectivity index is 1.89. The highest BCUT2D eigenvalue weighted by Gasteiger charge is 2.34. The summed E-state index contributed by atoms with van der Waals surface area (Å²) >= 11 is 0. The third-order valence-corrected chi connectivity index (χ3v) is 4.94. The molecule has 1 aromatic carbocycles. The van der Waals surface area contributed by atoms with Crippen molar-refractivity contribution in [3.05, 3.63) is 47.7 Å². The van der Waals surface area contributed by atoms with E-state index in [1.54, 1.807) is 17.8 Å². The molecule has 28 heavy (non-hydrogen) atoms. The molecule has 1 aliphatic rings. The number of fused-ring (bicyclic) bond motifs is 1. The molecule has 2 aromatic heterocycles. The second-order valence-electron chi connectivity index (χ2n) is 6.76. The molecule has 144 valence electrons. The first-order chi connectivity index (χ1) is 13.5. The monoisotopic (exact) mass is 380 g/mol. The summed E-state index contributed by atoms with van der Waals surface area (Å²) in [5, 5.41) is 14.6. The zero-order valence-electron chi connectivity index (χ0n) is 15.6. The summed E-state index contributed by atoms with van der Waals surface area (Å²) in [6.07, 6.45) is 0. The van der Waals surface area contributed by atoms with Gasteiger partial charge in [-0.1, -0.05) is 30.3 Å². The van der Waals surface area contributed by atoms with Crippen LogP contribution in [0.5, 0.6) is 0 Å². The van der Waals surface area contributed by atoms with E-state index in [0.717, 1.165) is 5.56 Å². The lowest BCUT2D eigenvalue weighted by Gasteiger charge is -2.33. The fraction of sp³-hybridized carbons (Fsp3) is 0.300. The number of carbonyl (C=O) groups is 2. The van der Waals surface area contributed by atoms with Gasteiger partial charge < -0.3 is 14.7 Å². The Morgan fingerprint density at radius 1 is 1.25 bits per heavy atom. The fourth-order valence-electron chi connectivity index (χ4n) is 3.58. The maximum Gasteiger partial charge on any atom is 0.328 e. The number of morpholine rings is 1. The van der Waals surface area contributed by atoms with Gasteiger partial charge in [0.25, 0.3) is 5.91 Å². The Bertz CT molecular complexity index is 1060. The maximum atomic E-state index is 13.4. The Morgan fingerprint density at radius 3 is 2.71 bits per heavy atom. The first-order valence-electron chi connectivity index (χ1n) is 8.98. The molecule has 0 aliphatic carbocycles. The zero-order chi connectivity index (χ0) is 19.8.